The topological polar surface area (TPSA) is 92.5 Å². The molecule has 4 aliphatic rings. The zero-order valence-electron chi connectivity index (χ0n) is 14.5. The van der Waals surface area contributed by atoms with Crippen LogP contribution in [0.25, 0.3) is 0 Å². The normalized spacial score (nSPS) is 34.7. The highest BCUT2D eigenvalue weighted by molar-refractivity contribution is 6.36. The zero-order valence-corrected chi connectivity index (χ0v) is 14.5. The van der Waals surface area contributed by atoms with Gasteiger partial charge in [-0.05, 0) is 81.6 Å². The number of carbonyl (C=O) groups excluding carboxylic acids is 3. The number of hydrogen-bond donors (Lipinski definition) is 2. The van der Waals surface area contributed by atoms with Crippen LogP contribution in [0.5, 0.6) is 0 Å². The largest absolute Gasteiger partial charge is 0.345 e. The fourth-order valence-corrected chi connectivity index (χ4v) is 5.71. The molecule has 0 saturated heterocycles. The zero-order chi connectivity index (χ0) is 17.3. The standard InChI is InChI=1S/C18H29N3O3/c1-12(20-16(23)17(24)21(11-22)4-2-3-19)18-8-13-5-14(9-18)7-15(6-13)10-18/h11-15H,2-10,19H2,1H3,(H,20,23). The van der Waals surface area contributed by atoms with Crippen molar-refractivity contribution in [3.8, 4) is 0 Å². The van der Waals surface area contributed by atoms with Gasteiger partial charge in [-0.2, -0.15) is 0 Å². The molecule has 1 atom stereocenters. The Hall–Kier alpha value is -1.43. The lowest BCUT2D eigenvalue weighted by Gasteiger charge is -2.59. The van der Waals surface area contributed by atoms with Crippen molar-refractivity contribution in [2.75, 3.05) is 13.1 Å². The maximum absolute atomic E-state index is 12.3. The van der Waals surface area contributed by atoms with E-state index in [1.807, 2.05) is 6.92 Å². The molecule has 0 aromatic heterocycles. The van der Waals surface area contributed by atoms with E-state index in [1.54, 1.807) is 0 Å². The first-order valence-electron chi connectivity index (χ1n) is 9.24. The van der Waals surface area contributed by atoms with Gasteiger partial charge in [0.25, 0.3) is 0 Å². The van der Waals surface area contributed by atoms with Crippen LogP contribution in [0, 0.1) is 23.2 Å². The van der Waals surface area contributed by atoms with Gasteiger partial charge in [0.2, 0.25) is 6.41 Å². The molecule has 4 aliphatic carbocycles. The van der Waals surface area contributed by atoms with Gasteiger partial charge in [0.05, 0.1) is 0 Å². The summed E-state index contributed by atoms with van der Waals surface area (Å²) in [5.74, 6) is 0.949. The number of imide groups is 1. The average molecular weight is 335 g/mol. The average Bonchev–Trinajstić information content (AvgIpc) is 2.54. The smallest absolute Gasteiger partial charge is 0.318 e. The molecule has 1 unspecified atom stereocenters. The predicted octanol–water partition coefficient (Wildman–Crippen LogP) is 1.04. The van der Waals surface area contributed by atoms with E-state index in [0.29, 0.717) is 19.4 Å². The van der Waals surface area contributed by atoms with Crippen LogP contribution in [0.15, 0.2) is 0 Å². The molecule has 4 rings (SSSR count). The van der Waals surface area contributed by atoms with E-state index < -0.39 is 11.8 Å². The van der Waals surface area contributed by atoms with Gasteiger partial charge in [0.15, 0.2) is 0 Å². The molecular weight excluding hydrogens is 306 g/mol. The quantitative estimate of drug-likeness (QED) is 0.560. The summed E-state index contributed by atoms with van der Waals surface area (Å²) in [5.41, 5.74) is 5.55. The van der Waals surface area contributed by atoms with Crippen LogP contribution in [0.3, 0.4) is 0 Å². The Morgan fingerprint density at radius 1 is 1.21 bits per heavy atom. The van der Waals surface area contributed by atoms with Crippen LogP contribution < -0.4 is 11.1 Å². The van der Waals surface area contributed by atoms with Crippen molar-refractivity contribution >= 4 is 18.2 Å². The predicted molar refractivity (Wildman–Crippen MR) is 89.7 cm³/mol. The fourth-order valence-electron chi connectivity index (χ4n) is 5.71. The van der Waals surface area contributed by atoms with Crippen molar-refractivity contribution in [2.45, 2.75) is 57.9 Å². The molecule has 0 aliphatic heterocycles. The summed E-state index contributed by atoms with van der Waals surface area (Å²) in [7, 11) is 0. The molecule has 134 valence electrons. The highest BCUT2D eigenvalue weighted by Gasteiger charge is 2.53. The third-order valence-electron chi connectivity index (χ3n) is 6.54. The Morgan fingerprint density at radius 2 is 1.75 bits per heavy atom. The van der Waals surface area contributed by atoms with Gasteiger partial charge in [0, 0.05) is 12.6 Å². The molecule has 0 aromatic carbocycles. The van der Waals surface area contributed by atoms with Gasteiger partial charge in [0.1, 0.15) is 0 Å². The number of rotatable bonds is 6. The Labute approximate surface area is 143 Å². The summed E-state index contributed by atoms with van der Waals surface area (Å²) in [6, 6.07) is -0.0228. The van der Waals surface area contributed by atoms with E-state index in [9.17, 15) is 14.4 Å². The minimum atomic E-state index is -0.768. The van der Waals surface area contributed by atoms with Crippen LogP contribution in [-0.4, -0.2) is 42.3 Å². The molecule has 4 bridgehead atoms. The fraction of sp³-hybridized carbons (Fsp3) is 0.833. The number of nitrogens with two attached hydrogens (primary N) is 1. The Morgan fingerprint density at radius 3 is 2.21 bits per heavy atom. The first-order valence-corrected chi connectivity index (χ1v) is 9.24. The molecular formula is C18H29N3O3. The van der Waals surface area contributed by atoms with E-state index in [2.05, 4.69) is 5.32 Å². The number of nitrogens with one attached hydrogen (secondary N) is 1. The SMILES string of the molecule is CC(NC(=O)C(=O)N(C=O)CCCN)C12CC3CC(CC(C3)C1)C2. The van der Waals surface area contributed by atoms with Crippen molar-refractivity contribution in [2.24, 2.45) is 28.9 Å². The lowest BCUT2D eigenvalue weighted by Crippen LogP contribution is -2.57. The van der Waals surface area contributed by atoms with Crippen LogP contribution in [0.4, 0.5) is 0 Å². The highest BCUT2D eigenvalue weighted by Crippen LogP contribution is 2.61. The Kier molecular flexibility index (Phi) is 4.95. The molecule has 0 aromatic rings. The summed E-state index contributed by atoms with van der Waals surface area (Å²) in [4.78, 5) is 36.5. The van der Waals surface area contributed by atoms with Gasteiger partial charge in [-0.25, -0.2) is 0 Å². The molecule has 3 N–H and O–H groups in total. The molecule has 0 heterocycles. The van der Waals surface area contributed by atoms with Crippen LogP contribution in [0.1, 0.15) is 51.9 Å². The van der Waals surface area contributed by atoms with Crippen molar-refractivity contribution < 1.29 is 14.4 Å². The van der Waals surface area contributed by atoms with Gasteiger partial charge >= 0.3 is 11.8 Å². The van der Waals surface area contributed by atoms with E-state index in [1.165, 1.54) is 38.5 Å². The second-order valence-corrected chi connectivity index (χ2v) is 8.22. The number of nitrogens with zero attached hydrogens (tertiary/aromatic N) is 1. The van der Waals surface area contributed by atoms with E-state index in [-0.39, 0.29) is 18.0 Å². The molecule has 0 spiro atoms. The van der Waals surface area contributed by atoms with Crippen molar-refractivity contribution in [1.82, 2.24) is 10.2 Å². The minimum absolute atomic E-state index is 0.0228. The molecule has 4 fully saturated rings. The van der Waals surface area contributed by atoms with Gasteiger partial charge in [-0.3, -0.25) is 19.3 Å². The summed E-state index contributed by atoms with van der Waals surface area (Å²) in [6.07, 6.45) is 8.46. The Balaban J connectivity index is 1.62. The molecule has 0 radical (unpaired) electrons. The van der Waals surface area contributed by atoms with Crippen molar-refractivity contribution in [3.63, 3.8) is 0 Å². The van der Waals surface area contributed by atoms with Gasteiger partial charge in [-0.1, -0.05) is 0 Å². The third kappa shape index (κ3) is 3.21. The maximum Gasteiger partial charge on any atom is 0.318 e. The van der Waals surface area contributed by atoms with Crippen LogP contribution in [-0.2, 0) is 14.4 Å². The lowest BCUT2D eigenvalue weighted by atomic mass is 9.48. The summed E-state index contributed by atoms with van der Waals surface area (Å²) in [6.45, 7) is 2.60. The molecule has 24 heavy (non-hydrogen) atoms. The first-order chi connectivity index (χ1) is 11.5. The monoisotopic (exact) mass is 335 g/mol. The van der Waals surface area contributed by atoms with Gasteiger partial charge < -0.3 is 11.1 Å². The molecule has 3 amide bonds. The second kappa shape index (κ2) is 6.82. The number of carbonyl (C=O) groups is 3. The molecule has 6 heteroatoms. The Bertz CT molecular complexity index is 484. The van der Waals surface area contributed by atoms with Crippen molar-refractivity contribution in [1.29, 1.82) is 0 Å². The van der Waals surface area contributed by atoms with E-state index in [0.717, 1.165) is 22.7 Å². The molecule has 6 nitrogen and oxygen atoms in total. The van der Waals surface area contributed by atoms with E-state index in [4.69, 9.17) is 5.73 Å². The van der Waals surface area contributed by atoms with Crippen LogP contribution >= 0.6 is 0 Å². The van der Waals surface area contributed by atoms with E-state index >= 15 is 0 Å². The first kappa shape index (κ1) is 17.4. The summed E-state index contributed by atoms with van der Waals surface area (Å²) < 4.78 is 0. The van der Waals surface area contributed by atoms with Crippen molar-refractivity contribution in [3.05, 3.63) is 0 Å². The lowest BCUT2D eigenvalue weighted by molar-refractivity contribution is -0.150. The molecule has 4 saturated carbocycles. The number of hydrogen-bond acceptors (Lipinski definition) is 4. The summed E-state index contributed by atoms with van der Waals surface area (Å²) in [5, 5.41) is 2.91. The maximum atomic E-state index is 12.3. The van der Waals surface area contributed by atoms with Gasteiger partial charge in [-0.15, -0.1) is 0 Å². The van der Waals surface area contributed by atoms with Crippen LogP contribution in [0.2, 0.25) is 0 Å². The number of amides is 3. The highest BCUT2D eigenvalue weighted by atomic mass is 16.2. The minimum Gasteiger partial charge on any atom is -0.345 e. The third-order valence-corrected chi connectivity index (χ3v) is 6.54. The second-order valence-electron chi connectivity index (χ2n) is 8.22. The summed E-state index contributed by atoms with van der Waals surface area (Å²) >= 11 is 0.